The van der Waals surface area contributed by atoms with Gasteiger partial charge in [0.15, 0.2) is 0 Å². The first-order valence-corrected chi connectivity index (χ1v) is 6.32. The van der Waals surface area contributed by atoms with Crippen molar-refractivity contribution in [1.82, 2.24) is 0 Å². The van der Waals surface area contributed by atoms with Crippen LogP contribution in [0, 0.1) is 0 Å². The molecule has 0 aliphatic carbocycles. The molecule has 0 spiro atoms. The SMILES string of the molecule is CC(C)=CCCOc1ccc(C[C@H](N)C(=O)O)cc1. The molecule has 4 nitrogen and oxygen atoms in total. The normalized spacial score (nSPS) is 11.7. The van der Waals surface area contributed by atoms with Crippen LogP contribution in [0.25, 0.3) is 0 Å². The van der Waals surface area contributed by atoms with Crippen LogP contribution in [-0.4, -0.2) is 23.7 Å². The third kappa shape index (κ3) is 6.06. The van der Waals surface area contributed by atoms with E-state index in [1.807, 2.05) is 24.3 Å². The maximum absolute atomic E-state index is 10.6. The second kappa shape index (κ2) is 7.59. The molecule has 19 heavy (non-hydrogen) atoms. The number of ether oxygens (including phenoxy) is 1. The summed E-state index contributed by atoms with van der Waals surface area (Å²) >= 11 is 0. The van der Waals surface area contributed by atoms with Crippen LogP contribution in [0.15, 0.2) is 35.9 Å². The van der Waals surface area contributed by atoms with Gasteiger partial charge in [0, 0.05) is 0 Å². The number of benzene rings is 1. The van der Waals surface area contributed by atoms with E-state index in [9.17, 15) is 4.79 Å². The summed E-state index contributed by atoms with van der Waals surface area (Å²) in [4.78, 5) is 10.6. The van der Waals surface area contributed by atoms with Gasteiger partial charge >= 0.3 is 5.97 Å². The molecule has 1 aromatic carbocycles. The lowest BCUT2D eigenvalue weighted by atomic mass is 10.1. The highest BCUT2D eigenvalue weighted by molar-refractivity contribution is 5.73. The van der Waals surface area contributed by atoms with E-state index >= 15 is 0 Å². The largest absolute Gasteiger partial charge is 0.493 e. The molecular weight excluding hydrogens is 242 g/mol. The van der Waals surface area contributed by atoms with E-state index in [1.165, 1.54) is 5.57 Å². The predicted molar refractivity (Wildman–Crippen MR) is 75.3 cm³/mol. The Hall–Kier alpha value is -1.81. The van der Waals surface area contributed by atoms with Gasteiger partial charge in [0.1, 0.15) is 11.8 Å². The van der Waals surface area contributed by atoms with Crippen molar-refractivity contribution < 1.29 is 14.6 Å². The topological polar surface area (TPSA) is 72.5 Å². The average molecular weight is 263 g/mol. The molecule has 0 saturated carbocycles. The molecule has 1 atom stereocenters. The Morgan fingerprint density at radius 1 is 1.37 bits per heavy atom. The monoisotopic (exact) mass is 263 g/mol. The van der Waals surface area contributed by atoms with E-state index in [2.05, 4.69) is 19.9 Å². The van der Waals surface area contributed by atoms with Gasteiger partial charge in [-0.2, -0.15) is 0 Å². The third-order valence-electron chi connectivity index (χ3n) is 2.64. The van der Waals surface area contributed by atoms with Gasteiger partial charge in [-0.1, -0.05) is 23.8 Å². The van der Waals surface area contributed by atoms with Crippen LogP contribution in [0.1, 0.15) is 25.8 Å². The molecule has 0 radical (unpaired) electrons. The van der Waals surface area contributed by atoms with Crippen molar-refractivity contribution in [1.29, 1.82) is 0 Å². The molecule has 0 aromatic heterocycles. The quantitative estimate of drug-likeness (QED) is 0.585. The summed E-state index contributed by atoms with van der Waals surface area (Å²) in [5.41, 5.74) is 7.65. The fourth-order valence-electron chi connectivity index (χ4n) is 1.59. The highest BCUT2D eigenvalue weighted by Gasteiger charge is 2.11. The van der Waals surface area contributed by atoms with Crippen LogP contribution in [0.5, 0.6) is 5.75 Å². The van der Waals surface area contributed by atoms with Crippen molar-refractivity contribution in [3.8, 4) is 5.75 Å². The summed E-state index contributed by atoms with van der Waals surface area (Å²) in [6.07, 6.45) is 3.33. The summed E-state index contributed by atoms with van der Waals surface area (Å²) < 4.78 is 5.57. The number of nitrogens with two attached hydrogens (primary N) is 1. The zero-order valence-corrected chi connectivity index (χ0v) is 11.4. The Morgan fingerprint density at radius 2 is 2.00 bits per heavy atom. The zero-order chi connectivity index (χ0) is 14.3. The molecule has 0 unspecified atom stereocenters. The van der Waals surface area contributed by atoms with Crippen molar-refractivity contribution in [2.24, 2.45) is 5.73 Å². The molecule has 0 fully saturated rings. The van der Waals surface area contributed by atoms with Crippen LogP contribution in [-0.2, 0) is 11.2 Å². The Balaban J connectivity index is 2.43. The molecule has 1 rings (SSSR count). The van der Waals surface area contributed by atoms with Crippen molar-refractivity contribution in [3.05, 3.63) is 41.5 Å². The van der Waals surface area contributed by atoms with E-state index in [0.717, 1.165) is 17.7 Å². The highest BCUT2D eigenvalue weighted by atomic mass is 16.5. The van der Waals surface area contributed by atoms with Crippen LogP contribution < -0.4 is 10.5 Å². The van der Waals surface area contributed by atoms with Gasteiger partial charge in [-0.05, 0) is 44.4 Å². The van der Waals surface area contributed by atoms with Gasteiger partial charge < -0.3 is 15.6 Å². The average Bonchev–Trinajstić information content (AvgIpc) is 2.36. The first-order chi connectivity index (χ1) is 8.99. The lowest BCUT2D eigenvalue weighted by molar-refractivity contribution is -0.138. The number of aliphatic carboxylic acids is 1. The van der Waals surface area contributed by atoms with Gasteiger partial charge in [0.25, 0.3) is 0 Å². The Bertz CT molecular complexity index is 433. The van der Waals surface area contributed by atoms with Crippen molar-refractivity contribution in [2.75, 3.05) is 6.61 Å². The number of hydrogen-bond donors (Lipinski definition) is 2. The van der Waals surface area contributed by atoms with Crippen LogP contribution in [0.4, 0.5) is 0 Å². The number of carbonyl (C=O) groups is 1. The van der Waals surface area contributed by atoms with Crippen LogP contribution in [0.2, 0.25) is 0 Å². The van der Waals surface area contributed by atoms with E-state index in [1.54, 1.807) is 0 Å². The second-order valence-electron chi connectivity index (χ2n) is 4.71. The number of hydrogen-bond acceptors (Lipinski definition) is 3. The van der Waals surface area contributed by atoms with Gasteiger partial charge in [-0.25, -0.2) is 0 Å². The van der Waals surface area contributed by atoms with Gasteiger partial charge in [-0.3, -0.25) is 4.79 Å². The second-order valence-corrected chi connectivity index (χ2v) is 4.71. The van der Waals surface area contributed by atoms with E-state index in [-0.39, 0.29) is 0 Å². The minimum Gasteiger partial charge on any atom is -0.493 e. The highest BCUT2D eigenvalue weighted by Crippen LogP contribution is 2.13. The molecule has 0 bridgehead atoms. The Kier molecular flexibility index (Phi) is 6.09. The number of carboxylic acids is 1. The molecule has 0 heterocycles. The third-order valence-corrected chi connectivity index (χ3v) is 2.64. The molecule has 1 aromatic rings. The summed E-state index contributed by atoms with van der Waals surface area (Å²) in [6.45, 7) is 4.75. The summed E-state index contributed by atoms with van der Waals surface area (Å²) in [5.74, 6) is -0.197. The van der Waals surface area contributed by atoms with Crippen molar-refractivity contribution in [2.45, 2.75) is 32.7 Å². The van der Waals surface area contributed by atoms with Gasteiger partial charge in [0.05, 0.1) is 6.61 Å². The molecular formula is C15H21NO3. The molecule has 104 valence electrons. The smallest absolute Gasteiger partial charge is 0.320 e. The fourth-order valence-corrected chi connectivity index (χ4v) is 1.59. The maximum atomic E-state index is 10.6. The first-order valence-electron chi connectivity index (χ1n) is 6.32. The van der Waals surface area contributed by atoms with Crippen LogP contribution >= 0.6 is 0 Å². The van der Waals surface area contributed by atoms with E-state index in [0.29, 0.717) is 13.0 Å². The lowest BCUT2D eigenvalue weighted by Gasteiger charge is -2.08. The fraction of sp³-hybridized carbons (Fsp3) is 0.400. The molecule has 0 aliphatic rings. The molecule has 0 amide bonds. The predicted octanol–water partition coefficient (Wildman–Crippen LogP) is 2.38. The van der Waals surface area contributed by atoms with Gasteiger partial charge in [-0.15, -0.1) is 0 Å². The first kappa shape index (κ1) is 15.2. The minimum atomic E-state index is -0.984. The summed E-state index contributed by atoms with van der Waals surface area (Å²) in [5, 5.41) is 8.73. The van der Waals surface area contributed by atoms with E-state index < -0.39 is 12.0 Å². The van der Waals surface area contributed by atoms with Crippen molar-refractivity contribution >= 4 is 5.97 Å². The van der Waals surface area contributed by atoms with E-state index in [4.69, 9.17) is 15.6 Å². The lowest BCUT2D eigenvalue weighted by Crippen LogP contribution is -2.32. The zero-order valence-electron chi connectivity index (χ0n) is 11.4. The minimum absolute atomic E-state index is 0.327. The van der Waals surface area contributed by atoms with Crippen molar-refractivity contribution in [3.63, 3.8) is 0 Å². The summed E-state index contributed by atoms with van der Waals surface area (Å²) in [6, 6.07) is 6.51. The maximum Gasteiger partial charge on any atom is 0.320 e. The standard InChI is InChI=1S/C15H21NO3/c1-11(2)4-3-9-19-13-7-5-12(6-8-13)10-14(16)15(17)18/h4-8,14H,3,9-10,16H2,1-2H3,(H,17,18)/t14-/m0/s1. The summed E-state index contributed by atoms with van der Waals surface area (Å²) in [7, 11) is 0. The molecule has 0 aliphatic heterocycles. The Morgan fingerprint density at radius 3 is 2.53 bits per heavy atom. The number of carboxylic acid groups (broad SMARTS) is 1. The Labute approximate surface area is 113 Å². The number of rotatable bonds is 7. The number of allylic oxidation sites excluding steroid dienone is 1. The molecule has 3 N–H and O–H groups in total. The molecule has 4 heteroatoms. The molecule has 0 saturated heterocycles. The van der Waals surface area contributed by atoms with Gasteiger partial charge in [0.2, 0.25) is 0 Å². The van der Waals surface area contributed by atoms with Crippen LogP contribution in [0.3, 0.4) is 0 Å².